The lowest BCUT2D eigenvalue weighted by atomic mass is 9.96. The summed E-state index contributed by atoms with van der Waals surface area (Å²) in [6, 6.07) is 17.6. The van der Waals surface area contributed by atoms with Gasteiger partial charge in [0.05, 0.1) is 5.97 Å². The van der Waals surface area contributed by atoms with Gasteiger partial charge in [0.1, 0.15) is 0 Å². The molecule has 0 radical (unpaired) electrons. The molecule has 0 amide bonds. The normalized spacial score (nSPS) is 10.7. The topological polar surface area (TPSA) is 40.1 Å². The molecule has 3 aromatic rings. The Kier molecular flexibility index (Phi) is 2.57. The van der Waals surface area contributed by atoms with Crippen LogP contribution in [-0.2, 0) is 4.79 Å². The van der Waals surface area contributed by atoms with Crippen LogP contribution < -0.4 is 5.11 Å². The predicted octanol–water partition coefficient (Wildman–Crippen LogP) is 2.76. The molecule has 0 aromatic heterocycles. The van der Waals surface area contributed by atoms with Crippen molar-refractivity contribution in [2.24, 2.45) is 0 Å². The third-order valence-electron chi connectivity index (χ3n) is 3.32. The van der Waals surface area contributed by atoms with Gasteiger partial charge in [0.2, 0.25) is 0 Å². The summed E-state index contributed by atoms with van der Waals surface area (Å²) in [7, 11) is 0. The molecule has 2 nitrogen and oxygen atoms in total. The molecular formula is C17H11O2-. The number of hydrogen-bond acceptors (Lipinski definition) is 2. The molecule has 19 heavy (non-hydrogen) atoms. The molecule has 0 saturated heterocycles. The number of carboxylic acid groups (broad SMARTS) is 1. The highest BCUT2D eigenvalue weighted by Crippen LogP contribution is 2.28. The molecule has 3 rings (SSSR count). The first-order valence-electron chi connectivity index (χ1n) is 5.99. The Bertz CT molecular complexity index is 816. The summed E-state index contributed by atoms with van der Waals surface area (Å²) in [4.78, 5) is 11.0. The molecule has 0 aliphatic heterocycles. The summed E-state index contributed by atoms with van der Waals surface area (Å²) in [5.74, 6) is -1.24. The minimum atomic E-state index is -1.24. The number of hydrogen-bond donors (Lipinski definition) is 0. The SMILES string of the molecule is C=C(C(=O)[O-])c1cccc2cc3ccccc3cc12. The molecule has 0 N–H and O–H groups in total. The summed E-state index contributed by atoms with van der Waals surface area (Å²) >= 11 is 0. The van der Waals surface area contributed by atoms with E-state index in [9.17, 15) is 9.90 Å². The summed E-state index contributed by atoms with van der Waals surface area (Å²) in [5.41, 5.74) is 0.629. The second-order valence-electron chi connectivity index (χ2n) is 4.49. The Morgan fingerprint density at radius 2 is 1.53 bits per heavy atom. The van der Waals surface area contributed by atoms with E-state index in [1.165, 1.54) is 0 Å². The minimum absolute atomic E-state index is 0.0147. The minimum Gasteiger partial charge on any atom is -0.545 e. The number of fused-ring (bicyclic) bond motifs is 2. The van der Waals surface area contributed by atoms with Crippen molar-refractivity contribution >= 4 is 33.1 Å². The number of carbonyl (C=O) groups is 1. The second kappa shape index (κ2) is 4.25. The molecule has 0 fully saturated rings. The van der Waals surface area contributed by atoms with Crippen LogP contribution in [0.25, 0.3) is 27.1 Å². The van der Waals surface area contributed by atoms with E-state index in [0.717, 1.165) is 21.5 Å². The zero-order valence-electron chi connectivity index (χ0n) is 10.2. The Morgan fingerprint density at radius 1 is 0.895 bits per heavy atom. The molecule has 2 heteroatoms. The third kappa shape index (κ3) is 1.87. The first-order valence-corrected chi connectivity index (χ1v) is 5.99. The average molecular weight is 247 g/mol. The largest absolute Gasteiger partial charge is 0.545 e. The van der Waals surface area contributed by atoms with Gasteiger partial charge < -0.3 is 9.90 Å². The Labute approximate surface area is 110 Å². The maximum atomic E-state index is 11.0. The fourth-order valence-corrected chi connectivity index (χ4v) is 2.34. The lowest BCUT2D eigenvalue weighted by Crippen LogP contribution is -2.23. The summed E-state index contributed by atoms with van der Waals surface area (Å²) in [6.45, 7) is 3.59. The van der Waals surface area contributed by atoms with E-state index in [1.54, 1.807) is 6.07 Å². The fraction of sp³-hybridized carbons (Fsp3) is 0. The van der Waals surface area contributed by atoms with E-state index in [2.05, 4.69) is 12.6 Å². The van der Waals surface area contributed by atoms with Crippen molar-refractivity contribution in [2.75, 3.05) is 0 Å². The van der Waals surface area contributed by atoms with Gasteiger partial charge in [-0.2, -0.15) is 0 Å². The van der Waals surface area contributed by atoms with E-state index in [4.69, 9.17) is 0 Å². The van der Waals surface area contributed by atoms with Crippen molar-refractivity contribution in [2.45, 2.75) is 0 Å². The van der Waals surface area contributed by atoms with Crippen LogP contribution in [0.2, 0.25) is 0 Å². The van der Waals surface area contributed by atoms with Gasteiger partial charge in [-0.05, 0) is 44.8 Å². The van der Waals surface area contributed by atoms with Crippen molar-refractivity contribution in [1.82, 2.24) is 0 Å². The maximum absolute atomic E-state index is 11.0. The maximum Gasteiger partial charge on any atom is 0.0715 e. The van der Waals surface area contributed by atoms with Crippen molar-refractivity contribution in [3.63, 3.8) is 0 Å². The van der Waals surface area contributed by atoms with Gasteiger partial charge in [0, 0.05) is 0 Å². The van der Waals surface area contributed by atoms with Crippen LogP contribution >= 0.6 is 0 Å². The number of carbonyl (C=O) groups excluding carboxylic acids is 1. The van der Waals surface area contributed by atoms with Gasteiger partial charge in [0.25, 0.3) is 0 Å². The molecule has 0 aliphatic rings. The van der Waals surface area contributed by atoms with Gasteiger partial charge in [0.15, 0.2) is 0 Å². The highest BCUT2D eigenvalue weighted by Gasteiger charge is 2.06. The molecule has 3 aromatic carbocycles. The second-order valence-corrected chi connectivity index (χ2v) is 4.49. The molecule has 0 unspecified atom stereocenters. The molecule has 0 bridgehead atoms. The highest BCUT2D eigenvalue weighted by molar-refractivity contribution is 6.18. The first-order chi connectivity index (χ1) is 9.16. The van der Waals surface area contributed by atoms with Crippen molar-refractivity contribution in [3.05, 3.63) is 66.7 Å². The molecular weight excluding hydrogens is 236 g/mol. The molecule has 92 valence electrons. The zero-order valence-corrected chi connectivity index (χ0v) is 10.2. The number of carboxylic acids is 1. The van der Waals surface area contributed by atoms with Gasteiger partial charge in [-0.25, -0.2) is 0 Å². The van der Waals surface area contributed by atoms with Crippen LogP contribution in [0.5, 0.6) is 0 Å². The Hall–Kier alpha value is -2.61. The van der Waals surface area contributed by atoms with Crippen LogP contribution in [0.4, 0.5) is 0 Å². The molecule has 0 heterocycles. The van der Waals surface area contributed by atoms with Crippen molar-refractivity contribution < 1.29 is 9.90 Å². The van der Waals surface area contributed by atoms with E-state index in [0.29, 0.717) is 5.56 Å². The Balaban J connectivity index is 2.38. The van der Waals surface area contributed by atoms with Crippen LogP contribution in [0.15, 0.2) is 61.2 Å². The average Bonchev–Trinajstić information content (AvgIpc) is 2.43. The zero-order chi connectivity index (χ0) is 13.4. The van der Waals surface area contributed by atoms with Gasteiger partial charge in [-0.3, -0.25) is 0 Å². The van der Waals surface area contributed by atoms with Crippen molar-refractivity contribution in [3.8, 4) is 0 Å². The standard InChI is InChI=1S/C17H12O2/c1-11(17(18)19)15-8-4-7-14-9-12-5-2-3-6-13(12)10-16(14)15/h2-10H,1H2,(H,18,19)/p-1. The quantitative estimate of drug-likeness (QED) is 0.516. The van der Waals surface area contributed by atoms with E-state index in [-0.39, 0.29) is 5.57 Å². The number of benzene rings is 3. The number of rotatable bonds is 2. The summed E-state index contributed by atoms with van der Waals surface area (Å²) in [6.07, 6.45) is 0. The van der Waals surface area contributed by atoms with Crippen LogP contribution in [0.3, 0.4) is 0 Å². The molecule has 0 aliphatic carbocycles. The highest BCUT2D eigenvalue weighted by atomic mass is 16.4. The lowest BCUT2D eigenvalue weighted by molar-refractivity contribution is -0.295. The van der Waals surface area contributed by atoms with E-state index in [1.807, 2.05) is 42.5 Å². The van der Waals surface area contributed by atoms with E-state index >= 15 is 0 Å². The number of aliphatic carboxylic acids is 1. The third-order valence-corrected chi connectivity index (χ3v) is 3.32. The summed E-state index contributed by atoms with van der Waals surface area (Å²) in [5, 5.41) is 15.1. The smallest absolute Gasteiger partial charge is 0.0715 e. The molecule has 0 spiro atoms. The van der Waals surface area contributed by atoms with Gasteiger partial charge in [-0.1, -0.05) is 49.0 Å². The van der Waals surface area contributed by atoms with Crippen molar-refractivity contribution in [1.29, 1.82) is 0 Å². The van der Waals surface area contributed by atoms with Crippen LogP contribution in [0.1, 0.15) is 5.56 Å². The van der Waals surface area contributed by atoms with Crippen LogP contribution in [-0.4, -0.2) is 5.97 Å². The first kappa shape index (κ1) is 11.5. The predicted molar refractivity (Wildman–Crippen MR) is 75.5 cm³/mol. The van der Waals surface area contributed by atoms with Gasteiger partial charge >= 0.3 is 0 Å². The molecule has 0 saturated carbocycles. The van der Waals surface area contributed by atoms with E-state index < -0.39 is 5.97 Å². The van der Waals surface area contributed by atoms with Crippen LogP contribution in [0, 0.1) is 0 Å². The monoisotopic (exact) mass is 247 g/mol. The lowest BCUT2D eigenvalue weighted by Gasteiger charge is -2.11. The fourth-order valence-electron chi connectivity index (χ4n) is 2.34. The Morgan fingerprint density at radius 3 is 2.21 bits per heavy atom. The summed E-state index contributed by atoms with van der Waals surface area (Å²) < 4.78 is 0. The molecule has 0 atom stereocenters. The van der Waals surface area contributed by atoms with Gasteiger partial charge in [-0.15, -0.1) is 0 Å².